The molecule has 10 nitrogen and oxygen atoms in total. The molecule has 2 unspecified atom stereocenters. The predicted octanol–water partition coefficient (Wildman–Crippen LogP) is 3.60. The number of nitrogens with zero attached hydrogens (tertiary/aromatic N) is 3. The van der Waals surface area contributed by atoms with Gasteiger partial charge in [0, 0.05) is 44.3 Å². The number of urea groups is 1. The number of halogens is 3. The molecule has 2 aromatic rings. The first kappa shape index (κ1) is 28.5. The molecule has 0 radical (unpaired) electrons. The third-order valence-corrected chi connectivity index (χ3v) is 7.94. The fourth-order valence-electron chi connectivity index (χ4n) is 5.87. The van der Waals surface area contributed by atoms with Crippen LogP contribution in [0.3, 0.4) is 0 Å². The maximum Gasteiger partial charge on any atom is 0.419 e. The summed E-state index contributed by atoms with van der Waals surface area (Å²) in [5.74, 6) is -3.10. The van der Waals surface area contributed by atoms with Gasteiger partial charge >= 0.3 is 18.1 Å². The van der Waals surface area contributed by atoms with E-state index in [1.165, 1.54) is 25.3 Å². The molecule has 0 spiro atoms. The van der Waals surface area contributed by atoms with Gasteiger partial charge in [0.1, 0.15) is 17.6 Å². The number of rotatable bonds is 6. The van der Waals surface area contributed by atoms with Crippen LogP contribution >= 0.6 is 0 Å². The zero-order valence-electron chi connectivity index (χ0n) is 22.6. The summed E-state index contributed by atoms with van der Waals surface area (Å²) in [5, 5.41) is 2.84. The Morgan fingerprint density at radius 3 is 2.41 bits per heavy atom. The first-order chi connectivity index (χ1) is 19.7. The monoisotopic (exact) mass is 576 g/mol. The number of piperidine rings is 1. The van der Waals surface area contributed by atoms with Gasteiger partial charge in [-0.05, 0) is 49.1 Å². The average Bonchev–Trinajstić information content (AvgIpc) is 3.58. The number of carbonyl (C=O) groups excluding carboxylic acids is 3. The highest BCUT2D eigenvalue weighted by Gasteiger charge is 2.51. The van der Waals surface area contributed by atoms with E-state index in [4.69, 9.17) is 14.2 Å². The summed E-state index contributed by atoms with van der Waals surface area (Å²) in [6.45, 7) is 2.79. The lowest BCUT2D eigenvalue weighted by Gasteiger charge is -2.38. The highest BCUT2D eigenvalue weighted by Crippen LogP contribution is 2.36. The molecule has 41 heavy (non-hydrogen) atoms. The molecule has 3 atom stereocenters. The molecule has 3 aliphatic rings. The van der Waals surface area contributed by atoms with Crippen molar-refractivity contribution in [1.29, 1.82) is 0 Å². The fraction of sp³-hybridized carbons (Fsp3) is 0.464. The van der Waals surface area contributed by atoms with Crippen LogP contribution in [0.1, 0.15) is 30.9 Å². The van der Waals surface area contributed by atoms with E-state index >= 15 is 0 Å². The van der Waals surface area contributed by atoms with Gasteiger partial charge in [-0.3, -0.25) is 4.90 Å². The number of benzene rings is 2. The van der Waals surface area contributed by atoms with Crippen LogP contribution in [0.2, 0.25) is 0 Å². The molecule has 0 saturated carbocycles. The Labute approximate surface area is 234 Å². The summed E-state index contributed by atoms with van der Waals surface area (Å²) in [7, 11) is 2.61. The van der Waals surface area contributed by atoms with Crippen molar-refractivity contribution in [3.05, 3.63) is 59.4 Å². The molecule has 3 heterocycles. The van der Waals surface area contributed by atoms with Crippen molar-refractivity contribution < 1.29 is 41.8 Å². The lowest BCUT2D eigenvalue weighted by Crippen LogP contribution is -2.49. The van der Waals surface area contributed by atoms with Crippen LogP contribution in [-0.2, 0) is 14.3 Å². The number of carbonyl (C=O) groups is 3. The fourth-order valence-corrected chi connectivity index (χ4v) is 5.87. The summed E-state index contributed by atoms with van der Waals surface area (Å²) < 4.78 is 56.4. The number of amides is 3. The van der Waals surface area contributed by atoms with E-state index in [-0.39, 0.29) is 23.5 Å². The summed E-state index contributed by atoms with van der Waals surface area (Å²) >= 11 is 0. The largest absolute Gasteiger partial charge is 0.494 e. The topological polar surface area (TPSA) is 101 Å². The van der Waals surface area contributed by atoms with Crippen LogP contribution in [0.25, 0.3) is 0 Å². The molecule has 13 heteroatoms. The molecule has 3 saturated heterocycles. The van der Waals surface area contributed by atoms with Gasteiger partial charge in [-0.25, -0.2) is 32.5 Å². The van der Waals surface area contributed by atoms with E-state index in [1.807, 2.05) is 0 Å². The van der Waals surface area contributed by atoms with Crippen molar-refractivity contribution in [3.8, 4) is 5.75 Å². The predicted molar refractivity (Wildman–Crippen MR) is 140 cm³/mol. The van der Waals surface area contributed by atoms with Crippen LogP contribution in [0.5, 0.6) is 5.75 Å². The standard InChI is InChI=1S/C28H31F3N4O6/c1-39-23-14-17(29)4-6-22(23)33-11-8-19(9-12-33)34-10-7-18(15-34)32-27(37)35-24(16-3-5-20(30)21(31)13-16)25(26(36)40-2)41-28(35)38/h3-6,13-14,18-19,24-25H,7-12,15H2,1-2H3,(H,32,37)/t18-,24?,25?/m1/s1. The van der Waals surface area contributed by atoms with Gasteiger partial charge in [-0.2, -0.15) is 0 Å². The Morgan fingerprint density at radius 2 is 1.73 bits per heavy atom. The molecular weight excluding hydrogens is 545 g/mol. The Bertz CT molecular complexity index is 1320. The number of ether oxygens (including phenoxy) is 3. The molecule has 5 rings (SSSR count). The number of esters is 1. The molecule has 3 fully saturated rings. The van der Waals surface area contributed by atoms with Crippen molar-refractivity contribution in [2.75, 3.05) is 45.3 Å². The van der Waals surface area contributed by atoms with E-state index in [9.17, 15) is 27.6 Å². The number of likely N-dealkylation sites (tertiary alicyclic amines) is 1. The second-order valence-electron chi connectivity index (χ2n) is 10.3. The Morgan fingerprint density at radius 1 is 0.976 bits per heavy atom. The minimum absolute atomic E-state index is 0.0119. The number of anilines is 1. The Hall–Kier alpha value is -4.00. The minimum Gasteiger partial charge on any atom is -0.494 e. The number of hydrogen-bond acceptors (Lipinski definition) is 8. The number of nitrogens with one attached hydrogen (secondary N) is 1. The zero-order chi connectivity index (χ0) is 29.3. The summed E-state index contributed by atoms with van der Waals surface area (Å²) in [5.41, 5.74) is 0.857. The maximum atomic E-state index is 14.0. The molecule has 0 aliphatic carbocycles. The van der Waals surface area contributed by atoms with Crippen LogP contribution < -0.4 is 15.0 Å². The first-order valence-electron chi connectivity index (χ1n) is 13.4. The smallest absolute Gasteiger partial charge is 0.419 e. The van der Waals surface area contributed by atoms with Crippen LogP contribution in [0, 0.1) is 17.5 Å². The van der Waals surface area contributed by atoms with Crippen molar-refractivity contribution in [2.24, 2.45) is 0 Å². The van der Waals surface area contributed by atoms with E-state index in [0.717, 1.165) is 57.4 Å². The molecule has 1 N–H and O–H groups in total. The Balaban J connectivity index is 1.22. The van der Waals surface area contributed by atoms with Crippen LogP contribution in [0.4, 0.5) is 28.4 Å². The lowest BCUT2D eigenvalue weighted by molar-refractivity contribution is -0.150. The van der Waals surface area contributed by atoms with Crippen LogP contribution in [-0.4, -0.2) is 86.5 Å². The Kier molecular flexibility index (Phi) is 8.25. The first-order valence-corrected chi connectivity index (χ1v) is 13.4. The maximum absolute atomic E-state index is 14.0. The normalized spacial score (nSPS) is 23.4. The van der Waals surface area contributed by atoms with E-state index in [0.29, 0.717) is 23.6 Å². The zero-order valence-corrected chi connectivity index (χ0v) is 22.6. The van der Waals surface area contributed by atoms with Gasteiger partial charge in [-0.1, -0.05) is 6.07 Å². The van der Waals surface area contributed by atoms with E-state index in [1.54, 1.807) is 6.07 Å². The highest BCUT2D eigenvalue weighted by molar-refractivity contribution is 5.96. The van der Waals surface area contributed by atoms with Gasteiger partial charge in [-0.15, -0.1) is 0 Å². The highest BCUT2D eigenvalue weighted by atomic mass is 19.2. The number of cyclic esters (lactones) is 1. The number of imide groups is 1. The molecule has 3 aliphatic heterocycles. The summed E-state index contributed by atoms with van der Waals surface area (Å²) in [6.07, 6.45) is -0.270. The third-order valence-electron chi connectivity index (χ3n) is 7.94. The number of methoxy groups -OCH3 is 2. The van der Waals surface area contributed by atoms with E-state index < -0.39 is 41.9 Å². The minimum atomic E-state index is -1.53. The lowest BCUT2D eigenvalue weighted by atomic mass is 10.0. The summed E-state index contributed by atoms with van der Waals surface area (Å²) in [6, 6.07) is 5.21. The quantitative estimate of drug-likeness (QED) is 0.521. The van der Waals surface area contributed by atoms with Crippen molar-refractivity contribution in [1.82, 2.24) is 15.1 Å². The van der Waals surface area contributed by atoms with Gasteiger partial charge in [0.05, 0.1) is 19.9 Å². The van der Waals surface area contributed by atoms with Gasteiger partial charge in [0.15, 0.2) is 11.6 Å². The van der Waals surface area contributed by atoms with Gasteiger partial charge < -0.3 is 24.4 Å². The second-order valence-corrected chi connectivity index (χ2v) is 10.3. The summed E-state index contributed by atoms with van der Waals surface area (Å²) in [4.78, 5) is 43.5. The molecule has 3 amide bonds. The van der Waals surface area contributed by atoms with Gasteiger partial charge in [0.2, 0.25) is 6.10 Å². The molecule has 220 valence electrons. The SMILES string of the molecule is COC(=O)C1OC(=O)N(C(=O)N[C@@H]2CCN(C3CCN(c4ccc(F)cc4OC)CC3)C2)C1c1ccc(F)c(F)c1. The molecule has 2 aromatic carbocycles. The van der Waals surface area contributed by atoms with Crippen LogP contribution in [0.15, 0.2) is 36.4 Å². The second kappa shape index (κ2) is 11.9. The third kappa shape index (κ3) is 5.76. The van der Waals surface area contributed by atoms with Gasteiger partial charge in [0.25, 0.3) is 0 Å². The average molecular weight is 577 g/mol. The van der Waals surface area contributed by atoms with Crippen molar-refractivity contribution in [3.63, 3.8) is 0 Å². The molecule has 0 bridgehead atoms. The number of hydrogen-bond donors (Lipinski definition) is 1. The van der Waals surface area contributed by atoms with Crippen molar-refractivity contribution >= 4 is 23.8 Å². The molecule has 0 aromatic heterocycles. The van der Waals surface area contributed by atoms with Crippen molar-refractivity contribution in [2.45, 2.75) is 43.5 Å². The molecular formula is C28H31F3N4O6. The van der Waals surface area contributed by atoms with E-state index in [2.05, 4.69) is 15.1 Å².